The third-order valence-electron chi connectivity index (χ3n) is 5.25. The Kier molecular flexibility index (Phi) is 4.69. The predicted molar refractivity (Wildman–Crippen MR) is 116 cm³/mol. The van der Waals surface area contributed by atoms with Crippen molar-refractivity contribution in [3.63, 3.8) is 0 Å². The van der Waals surface area contributed by atoms with Crippen LogP contribution in [-0.2, 0) is 11.8 Å². The monoisotopic (exact) mass is 435 g/mol. The van der Waals surface area contributed by atoms with Crippen molar-refractivity contribution in [2.75, 3.05) is 22.1 Å². The molecule has 1 atom stereocenters. The molecule has 13 heteroatoms. The lowest BCUT2D eigenvalue weighted by atomic mass is 10.2. The summed E-state index contributed by atoms with van der Waals surface area (Å²) in [6.07, 6.45) is 5.07. The van der Waals surface area contributed by atoms with E-state index in [0.717, 1.165) is 6.42 Å². The lowest BCUT2D eigenvalue weighted by Gasteiger charge is -2.24. The number of carbonyl (C=O) groups excluding carboxylic acids is 2. The Morgan fingerprint density at radius 3 is 2.84 bits per heavy atom. The third kappa shape index (κ3) is 3.59. The zero-order chi connectivity index (χ0) is 22.2. The molecule has 32 heavy (non-hydrogen) atoms. The highest BCUT2D eigenvalue weighted by atomic mass is 16.2. The lowest BCUT2D eigenvalue weighted by molar-refractivity contribution is -0.117. The molecule has 164 valence electrons. The molecule has 2 amide bonds. The predicted octanol–water partition coefficient (Wildman–Crippen LogP) is 0.636. The summed E-state index contributed by atoms with van der Waals surface area (Å²) in [5.74, 6) is 0.999. The molecule has 13 nitrogen and oxygen atoms in total. The Morgan fingerprint density at radius 2 is 2.09 bits per heavy atom. The number of primary amides is 1. The van der Waals surface area contributed by atoms with Gasteiger partial charge in [-0.05, 0) is 25.0 Å². The molecule has 0 aromatic carbocycles. The van der Waals surface area contributed by atoms with Crippen molar-refractivity contribution in [1.82, 2.24) is 34.6 Å². The quantitative estimate of drug-likeness (QED) is 0.342. The molecule has 1 aliphatic rings. The van der Waals surface area contributed by atoms with Gasteiger partial charge in [0.1, 0.15) is 17.3 Å². The fraction of sp³-hybridized carbons (Fsp3) is 0.263. The van der Waals surface area contributed by atoms with Crippen LogP contribution in [0.2, 0.25) is 0 Å². The number of aryl methyl sites for hydroxylation is 1. The van der Waals surface area contributed by atoms with Crippen LogP contribution in [-0.4, -0.2) is 59.0 Å². The Hall–Kier alpha value is -4.42. The first-order chi connectivity index (χ1) is 15.5. The molecule has 0 radical (unpaired) electrons. The number of hydrogen-bond acceptors (Lipinski definition) is 8. The molecule has 0 unspecified atom stereocenters. The maximum atomic E-state index is 12.9. The van der Waals surface area contributed by atoms with Gasteiger partial charge in [-0.2, -0.15) is 15.2 Å². The van der Waals surface area contributed by atoms with Crippen molar-refractivity contribution in [3.05, 3.63) is 42.4 Å². The Bertz CT molecular complexity index is 1300. The van der Waals surface area contributed by atoms with Crippen LogP contribution < -0.4 is 21.3 Å². The number of anilines is 4. The molecule has 1 fully saturated rings. The number of H-pyrrole nitrogens is 1. The number of nitrogens with two attached hydrogens (primary N) is 1. The van der Waals surface area contributed by atoms with Crippen molar-refractivity contribution in [2.24, 2.45) is 12.8 Å². The van der Waals surface area contributed by atoms with Crippen LogP contribution in [0.5, 0.6) is 0 Å². The molecular weight excluding hydrogens is 414 g/mol. The third-order valence-corrected chi connectivity index (χ3v) is 5.25. The Labute approximate surface area is 181 Å². The minimum Gasteiger partial charge on any atom is -0.364 e. The highest BCUT2D eigenvalue weighted by molar-refractivity contribution is 5.96. The van der Waals surface area contributed by atoms with Crippen LogP contribution in [0.4, 0.5) is 23.4 Å². The van der Waals surface area contributed by atoms with Gasteiger partial charge in [-0.3, -0.25) is 19.4 Å². The molecule has 0 spiro atoms. The van der Waals surface area contributed by atoms with Crippen LogP contribution in [0.15, 0.2) is 36.7 Å². The largest absolute Gasteiger partial charge is 0.364 e. The smallest absolute Gasteiger partial charge is 0.266 e. The van der Waals surface area contributed by atoms with Gasteiger partial charge in [0.15, 0.2) is 17.5 Å². The number of rotatable bonds is 6. The van der Waals surface area contributed by atoms with Crippen molar-refractivity contribution >= 4 is 40.7 Å². The van der Waals surface area contributed by atoms with E-state index < -0.39 is 11.9 Å². The average Bonchev–Trinajstić information content (AvgIpc) is 3.54. The number of carbonyl (C=O) groups is 2. The van der Waals surface area contributed by atoms with Gasteiger partial charge in [0, 0.05) is 38.1 Å². The van der Waals surface area contributed by atoms with Crippen LogP contribution in [0.1, 0.15) is 23.3 Å². The van der Waals surface area contributed by atoms with E-state index >= 15 is 0 Å². The molecule has 5 N–H and O–H groups in total. The Morgan fingerprint density at radius 1 is 1.22 bits per heavy atom. The van der Waals surface area contributed by atoms with E-state index in [1.54, 1.807) is 34.7 Å². The van der Waals surface area contributed by atoms with E-state index in [4.69, 9.17) is 5.73 Å². The molecule has 4 aromatic heterocycles. The average molecular weight is 435 g/mol. The van der Waals surface area contributed by atoms with Crippen LogP contribution in [0.3, 0.4) is 0 Å². The molecular formula is C19H21N11O2. The van der Waals surface area contributed by atoms with Crippen molar-refractivity contribution in [1.29, 1.82) is 0 Å². The number of nitrogens with zero attached hydrogens (tertiary/aromatic N) is 7. The first-order valence-electron chi connectivity index (χ1n) is 10.0. The number of hydrogen-bond donors (Lipinski definition) is 4. The minimum atomic E-state index is -0.611. The molecule has 4 aromatic rings. The molecule has 1 saturated heterocycles. The highest BCUT2D eigenvalue weighted by Gasteiger charge is 2.33. The summed E-state index contributed by atoms with van der Waals surface area (Å²) in [5, 5.41) is 21.4. The van der Waals surface area contributed by atoms with E-state index in [0.29, 0.717) is 41.9 Å². The highest BCUT2D eigenvalue weighted by Crippen LogP contribution is 2.27. The standard InChI is InChI=1S/C19H21N11O2/c1-28-9-6-14(26-28)22-18(32)13-5-2-7-29(13)19-23-17(12-4-3-8-30(12)27-19)21-15-10-11(16(20)31)24-25-15/h3-4,6,8-10,13H,2,5,7H2,1H3,(H2,20,31)(H,22,26,32)(H2,21,23,24,25,27)/t13-/m0/s1. The van der Waals surface area contributed by atoms with Crippen LogP contribution in [0, 0.1) is 0 Å². The van der Waals surface area contributed by atoms with Gasteiger partial charge >= 0.3 is 0 Å². The van der Waals surface area contributed by atoms with E-state index in [1.807, 2.05) is 17.0 Å². The summed E-state index contributed by atoms with van der Waals surface area (Å²) in [5.41, 5.74) is 6.18. The summed E-state index contributed by atoms with van der Waals surface area (Å²) in [4.78, 5) is 30.8. The molecule has 0 saturated carbocycles. The van der Waals surface area contributed by atoms with E-state index in [-0.39, 0.29) is 11.6 Å². The maximum Gasteiger partial charge on any atom is 0.266 e. The summed E-state index contributed by atoms with van der Waals surface area (Å²) < 4.78 is 3.31. The number of aromatic nitrogens is 7. The van der Waals surface area contributed by atoms with Gasteiger partial charge < -0.3 is 21.3 Å². The topological polar surface area (TPSA) is 164 Å². The van der Waals surface area contributed by atoms with Gasteiger partial charge in [-0.1, -0.05) is 0 Å². The summed E-state index contributed by atoms with van der Waals surface area (Å²) in [7, 11) is 1.79. The first kappa shape index (κ1) is 19.5. The molecule has 5 rings (SSSR count). The van der Waals surface area contributed by atoms with Crippen molar-refractivity contribution < 1.29 is 9.59 Å². The van der Waals surface area contributed by atoms with Crippen LogP contribution >= 0.6 is 0 Å². The van der Waals surface area contributed by atoms with Crippen molar-refractivity contribution in [3.8, 4) is 0 Å². The van der Waals surface area contributed by atoms with Gasteiger partial charge in [0.25, 0.3) is 5.91 Å². The zero-order valence-electron chi connectivity index (χ0n) is 17.2. The first-order valence-corrected chi connectivity index (χ1v) is 10.0. The normalized spacial score (nSPS) is 15.9. The van der Waals surface area contributed by atoms with E-state index in [1.165, 1.54) is 6.07 Å². The Balaban J connectivity index is 1.44. The second kappa shape index (κ2) is 7.68. The summed E-state index contributed by atoms with van der Waals surface area (Å²) in [6, 6.07) is 6.51. The number of fused-ring (bicyclic) bond motifs is 1. The fourth-order valence-electron chi connectivity index (χ4n) is 3.74. The molecule has 5 heterocycles. The second-order valence-electron chi connectivity index (χ2n) is 7.47. The fourth-order valence-corrected chi connectivity index (χ4v) is 3.74. The summed E-state index contributed by atoms with van der Waals surface area (Å²) in [6.45, 7) is 0.640. The van der Waals surface area contributed by atoms with Gasteiger partial charge in [-0.15, -0.1) is 5.10 Å². The number of amides is 2. The maximum absolute atomic E-state index is 12.9. The van der Waals surface area contributed by atoms with Crippen LogP contribution in [0.25, 0.3) is 5.52 Å². The SMILES string of the molecule is Cn1ccc(NC(=O)[C@@H]2CCCN2c2nc(Nc3cc(C(N)=O)[nH]n3)c3cccn3n2)n1. The van der Waals surface area contributed by atoms with Gasteiger partial charge in [0.2, 0.25) is 11.9 Å². The van der Waals surface area contributed by atoms with E-state index in [9.17, 15) is 9.59 Å². The number of nitrogens with one attached hydrogen (secondary N) is 3. The van der Waals surface area contributed by atoms with Gasteiger partial charge in [0.05, 0.1) is 0 Å². The molecule has 1 aliphatic heterocycles. The molecule has 0 aliphatic carbocycles. The second-order valence-corrected chi connectivity index (χ2v) is 7.47. The zero-order valence-corrected chi connectivity index (χ0v) is 17.2. The van der Waals surface area contributed by atoms with Gasteiger partial charge in [-0.25, -0.2) is 4.52 Å². The van der Waals surface area contributed by atoms with E-state index in [2.05, 4.69) is 36.0 Å². The molecule has 0 bridgehead atoms. The summed E-state index contributed by atoms with van der Waals surface area (Å²) >= 11 is 0. The van der Waals surface area contributed by atoms with Crippen molar-refractivity contribution in [2.45, 2.75) is 18.9 Å². The minimum absolute atomic E-state index is 0.162. The number of aromatic amines is 1. The lowest BCUT2D eigenvalue weighted by Crippen LogP contribution is -2.41.